The van der Waals surface area contributed by atoms with Gasteiger partial charge in [0.15, 0.2) is 5.75 Å². The normalized spacial score (nSPS) is 11.6. The van der Waals surface area contributed by atoms with Gasteiger partial charge in [-0.2, -0.15) is 0 Å². The lowest BCUT2D eigenvalue weighted by Gasteiger charge is -2.16. The molecule has 5 nitrogen and oxygen atoms in total. The molecule has 0 bridgehead atoms. The average Bonchev–Trinajstić information content (AvgIpc) is 2.30. The Morgan fingerprint density at radius 3 is 2.45 bits per heavy atom. The minimum absolute atomic E-state index is 0.270. The van der Waals surface area contributed by atoms with Gasteiger partial charge in [-0.15, -0.1) is 13.2 Å². The molecule has 0 saturated carbocycles. The SMILES string of the molecule is COC(=O)Cc1[nH]c(=O)cc(C(F)F)c1OC(F)(F)F. The van der Waals surface area contributed by atoms with Gasteiger partial charge in [0.05, 0.1) is 24.8 Å². The second-order valence-electron chi connectivity index (χ2n) is 3.50. The Bertz CT molecular complexity index is 552. The molecule has 0 atom stereocenters. The number of halogens is 5. The number of hydrogen-bond acceptors (Lipinski definition) is 4. The van der Waals surface area contributed by atoms with Gasteiger partial charge in [0.25, 0.3) is 6.43 Å². The molecule has 0 aliphatic rings. The topological polar surface area (TPSA) is 68.4 Å². The minimum Gasteiger partial charge on any atom is -0.469 e. The maximum atomic E-state index is 12.7. The number of methoxy groups -OCH3 is 1. The molecule has 0 aromatic carbocycles. The Labute approximate surface area is 108 Å². The number of pyridine rings is 1. The Kier molecular flexibility index (Phi) is 4.69. The van der Waals surface area contributed by atoms with Crippen LogP contribution in [0.1, 0.15) is 17.7 Å². The fourth-order valence-corrected chi connectivity index (χ4v) is 1.36. The van der Waals surface area contributed by atoms with Crippen molar-refractivity contribution in [2.24, 2.45) is 0 Å². The molecule has 0 spiro atoms. The van der Waals surface area contributed by atoms with Gasteiger partial charge in [0, 0.05) is 6.07 Å². The van der Waals surface area contributed by atoms with Gasteiger partial charge in [0.1, 0.15) is 0 Å². The average molecular weight is 301 g/mol. The first-order valence-electron chi connectivity index (χ1n) is 5.01. The fourth-order valence-electron chi connectivity index (χ4n) is 1.36. The van der Waals surface area contributed by atoms with Crippen LogP contribution in [-0.2, 0) is 16.0 Å². The quantitative estimate of drug-likeness (QED) is 0.681. The summed E-state index contributed by atoms with van der Waals surface area (Å²) in [5, 5.41) is 0. The maximum Gasteiger partial charge on any atom is 0.573 e. The molecule has 0 unspecified atom stereocenters. The molecule has 0 amide bonds. The van der Waals surface area contributed by atoms with Gasteiger partial charge in [0.2, 0.25) is 5.56 Å². The van der Waals surface area contributed by atoms with Crippen LogP contribution in [0.15, 0.2) is 10.9 Å². The van der Waals surface area contributed by atoms with Gasteiger partial charge in [-0.1, -0.05) is 0 Å². The monoisotopic (exact) mass is 301 g/mol. The molecule has 0 aliphatic carbocycles. The van der Waals surface area contributed by atoms with Gasteiger partial charge in [-0.05, 0) is 0 Å². The van der Waals surface area contributed by atoms with E-state index in [1.807, 2.05) is 4.98 Å². The third-order valence-corrected chi connectivity index (χ3v) is 2.10. The number of carbonyl (C=O) groups excluding carboxylic acids is 1. The summed E-state index contributed by atoms with van der Waals surface area (Å²) >= 11 is 0. The highest BCUT2D eigenvalue weighted by Crippen LogP contribution is 2.34. The van der Waals surface area contributed by atoms with E-state index in [-0.39, 0.29) is 6.07 Å². The highest BCUT2D eigenvalue weighted by atomic mass is 19.4. The van der Waals surface area contributed by atoms with Crippen molar-refractivity contribution in [3.63, 3.8) is 0 Å². The van der Waals surface area contributed by atoms with Crippen molar-refractivity contribution < 1.29 is 36.2 Å². The van der Waals surface area contributed by atoms with E-state index in [0.29, 0.717) is 0 Å². The Hall–Kier alpha value is -2.13. The summed E-state index contributed by atoms with van der Waals surface area (Å²) in [6, 6.07) is 0.270. The number of nitrogens with one attached hydrogen (secondary N) is 1. The molecule has 10 heteroatoms. The van der Waals surface area contributed by atoms with Crippen LogP contribution >= 0.6 is 0 Å². The zero-order valence-corrected chi connectivity index (χ0v) is 9.88. The van der Waals surface area contributed by atoms with E-state index < -0.39 is 47.7 Å². The van der Waals surface area contributed by atoms with Crippen LogP contribution in [0, 0.1) is 0 Å². The predicted octanol–water partition coefficient (Wildman–Crippen LogP) is 1.93. The molecule has 0 radical (unpaired) electrons. The Morgan fingerprint density at radius 1 is 1.40 bits per heavy atom. The minimum atomic E-state index is -5.26. The number of alkyl halides is 5. The lowest BCUT2D eigenvalue weighted by molar-refractivity contribution is -0.275. The molecule has 0 aliphatic heterocycles. The predicted molar refractivity (Wildman–Crippen MR) is 54.4 cm³/mol. The largest absolute Gasteiger partial charge is 0.573 e. The number of ether oxygens (including phenoxy) is 2. The van der Waals surface area contributed by atoms with Gasteiger partial charge < -0.3 is 14.5 Å². The number of hydrogen-bond donors (Lipinski definition) is 1. The summed E-state index contributed by atoms with van der Waals surface area (Å²) < 4.78 is 69.6. The van der Waals surface area contributed by atoms with Crippen molar-refractivity contribution in [1.82, 2.24) is 4.98 Å². The summed E-state index contributed by atoms with van der Waals surface area (Å²) in [7, 11) is 0.946. The molecule has 1 aromatic rings. The van der Waals surface area contributed by atoms with E-state index in [4.69, 9.17) is 0 Å². The molecular weight excluding hydrogens is 293 g/mol. The molecule has 0 saturated heterocycles. The van der Waals surface area contributed by atoms with Crippen LogP contribution in [0.3, 0.4) is 0 Å². The van der Waals surface area contributed by atoms with Crippen LogP contribution < -0.4 is 10.3 Å². The lowest BCUT2D eigenvalue weighted by Crippen LogP contribution is -2.23. The maximum absolute atomic E-state index is 12.7. The van der Waals surface area contributed by atoms with Crippen LogP contribution in [0.25, 0.3) is 0 Å². The van der Waals surface area contributed by atoms with Crippen molar-refractivity contribution in [3.05, 3.63) is 27.7 Å². The van der Waals surface area contributed by atoms with E-state index in [1.54, 1.807) is 0 Å². The standard InChI is InChI=1S/C10H8F5NO4/c1-19-7(18)3-5-8(20-10(13,14)15)4(9(11)12)2-6(17)16-5/h2,9H,3H2,1H3,(H,16,17). The highest BCUT2D eigenvalue weighted by molar-refractivity contribution is 5.73. The number of esters is 1. The zero-order chi connectivity index (χ0) is 15.5. The molecule has 1 N–H and O–H groups in total. The zero-order valence-electron chi connectivity index (χ0n) is 9.88. The summed E-state index contributed by atoms with van der Waals surface area (Å²) in [6.45, 7) is 0. The van der Waals surface area contributed by atoms with Crippen molar-refractivity contribution in [2.45, 2.75) is 19.2 Å². The van der Waals surface area contributed by atoms with E-state index in [9.17, 15) is 31.5 Å². The van der Waals surface area contributed by atoms with Crippen LogP contribution in [-0.4, -0.2) is 24.4 Å². The summed E-state index contributed by atoms with van der Waals surface area (Å²) in [6.07, 6.45) is -9.49. The van der Waals surface area contributed by atoms with E-state index in [0.717, 1.165) is 7.11 Å². The Morgan fingerprint density at radius 2 is 2.00 bits per heavy atom. The van der Waals surface area contributed by atoms with Crippen molar-refractivity contribution >= 4 is 5.97 Å². The van der Waals surface area contributed by atoms with Gasteiger partial charge >= 0.3 is 12.3 Å². The first-order valence-corrected chi connectivity index (χ1v) is 5.01. The van der Waals surface area contributed by atoms with E-state index in [2.05, 4.69) is 9.47 Å². The van der Waals surface area contributed by atoms with Crippen molar-refractivity contribution in [1.29, 1.82) is 0 Å². The number of rotatable bonds is 4. The highest BCUT2D eigenvalue weighted by Gasteiger charge is 2.35. The molecule has 20 heavy (non-hydrogen) atoms. The van der Waals surface area contributed by atoms with Crippen LogP contribution in [0.5, 0.6) is 5.75 Å². The number of aromatic amines is 1. The van der Waals surface area contributed by atoms with Crippen molar-refractivity contribution in [3.8, 4) is 5.75 Å². The second-order valence-corrected chi connectivity index (χ2v) is 3.50. The van der Waals surface area contributed by atoms with Crippen LogP contribution in [0.2, 0.25) is 0 Å². The first kappa shape index (κ1) is 15.9. The fraction of sp³-hybridized carbons (Fsp3) is 0.400. The first-order chi connectivity index (χ1) is 9.14. The third-order valence-electron chi connectivity index (χ3n) is 2.10. The number of carbonyl (C=O) groups is 1. The number of aromatic nitrogens is 1. The molecule has 1 aromatic heterocycles. The van der Waals surface area contributed by atoms with Gasteiger partial charge in [-0.25, -0.2) is 8.78 Å². The third kappa shape index (κ3) is 4.21. The summed E-state index contributed by atoms with van der Waals surface area (Å²) in [5.41, 5.74) is -3.09. The molecule has 1 heterocycles. The van der Waals surface area contributed by atoms with Gasteiger partial charge in [-0.3, -0.25) is 9.59 Å². The molecule has 1 rings (SSSR count). The van der Waals surface area contributed by atoms with Crippen molar-refractivity contribution in [2.75, 3.05) is 7.11 Å². The van der Waals surface area contributed by atoms with E-state index in [1.165, 1.54) is 0 Å². The Balaban J connectivity index is 3.38. The summed E-state index contributed by atoms with van der Waals surface area (Å²) in [4.78, 5) is 24.0. The number of H-pyrrole nitrogens is 1. The second kappa shape index (κ2) is 5.88. The van der Waals surface area contributed by atoms with E-state index >= 15 is 0 Å². The molecule has 112 valence electrons. The van der Waals surface area contributed by atoms with Crippen LogP contribution in [0.4, 0.5) is 22.0 Å². The lowest BCUT2D eigenvalue weighted by atomic mass is 10.1. The summed E-state index contributed by atoms with van der Waals surface area (Å²) in [5.74, 6) is -2.34. The molecular formula is C10H8F5NO4. The molecule has 0 fully saturated rings. The smallest absolute Gasteiger partial charge is 0.469 e.